The number of hydrogen-bond acceptors (Lipinski definition) is 4. The monoisotopic (exact) mass is 456 g/mol. The Morgan fingerprint density at radius 3 is 1.37 bits per heavy atom. The van der Waals surface area contributed by atoms with Gasteiger partial charge in [-0.2, -0.15) is 0 Å². The van der Waals surface area contributed by atoms with Gasteiger partial charge in [0, 0.05) is 5.25 Å². The smallest absolute Gasteiger partial charge is 0.748 e. The molecule has 0 rings (SSSR count). The molecule has 2 atom stereocenters. The van der Waals surface area contributed by atoms with Crippen molar-refractivity contribution < 1.29 is 47.6 Å². The van der Waals surface area contributed by atoms with Crippen molar-refractivity contribution in [2.75, 3.05) is 0 Å². The van der Waals surface area contributed by atoms with Crippen molar-refractivity contribution in [1.29, 1.82) is 0 Å². The summed E-state index contributed by atoms with van der Waals surface area (Å²) in [7, 11) is -4.26. The molecular formula is C24H49NaO4S. The van der Waals surface area contributed by atoms with Crippen LogP contribution in [0.1, 0.15) is 142 Å². The van der Waals surface area contributed by atoms with E-state index in [0.717, 1.165) is 51.4 Å². The van der Waals surface area contributed by atoms with Crippen molar-refractivity contribution in [3.8, 4) is 0 Å². The van der Waals surface area contributed by atoms with Crippen LogP contribution in [-0.2, 0) is 10.1 Å². The van der Waals surface area contributed by atoms with Gasteiger partial charge in [0.25, 0.3) is 0 Å². The van der Waals surface area contributed by atoms with Crippen LogP contribution < -0.4 is 29.6 Å². The van der Waals surface area contributed by atoms with Crippen molar-refractivity contribution in [3.05, 3.63) is 0 Å². The topological polar surface area (TPSA) is 77.4 Å². The molecular weight excluding hydrogens is 407 g/mol. The van der Waals surface area contributed by atoms with Crippen LogP contribution in [0.15, 0.2) is 0 Å². The molecule has 0 saturated carbocycles. The van der Waals surface area contributed by atoms with Gasteiger partial charge in [0.2, 0.25) is 0 Å². The van der Waals surface area contributed by atoms with E-state index in [-0.39, 0.29) is 29.6 Å². The Bertz CT molecular complexity index is 442. The normalized spacial score (nSPS) is 13.7. The average molecular weight is 457 g/mol. The molecule has 0 radical (unpaired) electrons. The molecule has 0 spiro atoms. The van der Waals surface area contributed by atoms with Gasteiger partial charge in [-0.1, -0.05) is 117 Å². The molecule has 0 aromatic heterocycles. The second-order valence-corrected chi connectivity index (χ2v) is 10.5. The first kappa shape index (κ1) is 33.0. The van der Waals surface area contributed by atoms with E-state index in [4.69, 9.17) is 0 Å². The van der Waals surface area contributed by atoms with Crippen LogP contribution in [0.5, 0.6) is 0 Å². The van der Waals surface area contributed by atoms with Crippen molar-refractivity contribution >= 4 is 10.1 Å². The molecule has 0 fully saturated rings. The molecule has 2 unspecified atom stereocenters. The summed E-state index contributed by atoms with van der Waals surface area (Å²) in [5.41, 5.74) is 0. The van der Waals surface area contributed by atoms with Crippen LogP contribution in [-0.4, -0.2) is 29.4 Å². The zero-order chi connectivity index (χ0) is 21.8. The van der Waals surface area contributed by atoms with Crippen molar-refractivity contribution in [3.63, 3.8) is 0 Å². The average Bonchev–Trinajstić information content (AvgIpc) is 2.67. The summed E-state index contributed by atoms with van der Waals surface area (Å²) >= 11 is 0. The largest absolute Gasteiger partial charge is 1.00 e. The molecule has 0 saturated heterocycles. The number of unbranched alkanes of at least 4 members (excludes halogenated alkanes) is 14. The number of hydrogen-bond donors (Lipinski definition) is 1. The molecule has 1 N–H and O–H groups in total. The van der Waals surface area contributed by atoms with Gasteiger partial charge in [-0.3, -0.25) is 0 Å². The third kappa shape index (κ3) is 22.1. The fourth-order valence-electron chi connectivity index (χ4n) is 3.98. The summed E-state index contributed by atoms with van der Waals surface area (Å²) in [6.45, 7) is 4.39. The molecule has 4 nitrogen and oxygen atoms in total. The van der Waals surface area contributed by atoms with E-state index in [1.807, 2.05) is 0 Å². The SMILES string of the molecule is CCCCCCCCCCCCCC(O)CCC(CCCCCCC)S(=O)(=O)[O-].[Na+]. The molecule has 6 heteroatoms. The Balaban J connectivity index is 0. The van der Waals surface area contributed by atoms with Crippen LogP contribution in [0.4, 0.5) is 0 Å². The molecule has 0 bridgehead atoms. The summed E-state index contributed by atoms with van der Waals surface area (Å²) in [5.74, 6) is 0. The van der Waals surface area contributed by atoms with Gasteiger partial charge in [-0.25, -0.2) is 8.42 Å². The first-order valence-corrected chi connectivity index (χ1v) is 14.0. The Morgan fingerprint density at radius 1 is 0.600 bits per heavy atom. The summed E-state index contributed by atoms with van der Waals surface area (Å²) in [5, 5.41) is 9.33. The first-order valence-electron chi connectivity index (χ1n) is 12.5. The predicted molar refractivity (Wildman–Crippen MR) is 123 cm³/mol. The van der Waals surface area contributed by atoms with E-state index in [9.17, 15) is 18.1 Å². The molecule has 0 aromatic carbocycles. The predicted octanol–water partition coefficient (Wildman–Crippen LogP) is 4.11. The molecule has 0 aliphatic carbocycles. The second kappa shape index (κ2) is 23.0. The van der Waals surface area contributed by atoms with Gasteiger partial charge < -0.3 is 9.66 Å². The maximum absolute atomic E-state index is 11.5. The third-order valence-corrected chi connectivity index (χ3v) is 7.29. The minimum atomic E-state index is -4.26. The van der Waals surface area contributed by atoms with Crippen molar-refractivity contribution in [2.24, 2.45) is 0 Å². The zero-order valence-corrected chi connectivity index (χ0v) is 23.2. The maximum atomic E-state index is 11.5. The maximum Gasteiger partial charge on any atom is 1.00 e. The van der Waals surface area contributed by atoms with Gasteiger partial charge in [0.1, 0.15) is 0 Å². The molecule has 176 valence electrons. The van der Waals surface area contributed by atoms with E-state index < -0.39 is 21.5 Å². The summed E-state index contributed by atoms with van der Waals surface area (Å²) < 4.78 is 34.5. The van der Waals surface area contributed by atoms with Crippen LogP contribution in [0.2, 0.25) is 0 Å². The van der Waals surface area contributed by atoms with Gasteiger partial charge in [0.05, 0.1) is 16.2 Å². The molecule has 0 amide bonds. The minimum absolute atomic E-state index is 0. The van der Waals surface area contributed by atoms with Crippen LogP contribution in [0, 0.1) is 0 Å². The third-order valence-electron chi connectivity index (χ3n) is 6.00. The van der Waals surface area contributed by atoms with E-state index in [2.05, 4.69) is 13.8 Å². The summed E-state index contributed by atoms with van der Waals surface area (Å²) in [4.78, 5) is 0. The van der Waals surface area contributed by atoms with E-state index in [0.29, 0.717) is 19.3 Å². The summed E-state index contributed by atoms with van der Waals surface area (Å²) in [6.07, 6.45) is 20.7. The Hall–Kier alpha value is 0.870. The van der Waals surface area contributed by atoms with E-state index >= 15 is 0 Å². The van der Waals surface area contributed by atoms with Crippen LogP contribution in [0.3, 0.4) is 0 Å². The molecule has 0 aliphatic rings. The number of aliphatic hydroxyl groups is 1. The van der Waals surface area contributed by atoms with Gasteiger partial charge in [-0.15, -0.1) is 0 Å². The number of rotatable bonds is 22. The standard InChI is InChI=1S/C24H50O4S.Na/c1-3-5-7-9-10-11-12-13-14-16-17-19-23(25)21-22-24(29(26,27)28)20-18-15-8-6-4-2;/h23-25H,3-22H2,1-2H3,(H,26,27,28);/q;+1/p-1. The second-order valence-electron chi connectivity index (χ2n) is 8.87. The zero-order valence-electron chi connectivity index (χ0n) is 20.4. The Kier molecular flexibility index (Phi) is 25.4. The Labute approximate surface area is 210 Å². The molecule has 0 aromatic rings. The first-order chi connectivity index (χ1) is 13.9. The quantitative estimate of drug-likeness (QED) is 0.151. The van der Waals surface area contributed by atoms with Gasteiger partial charge in [-0.05, 0) is 25.7 Å². The van der Waals surface area contributed by atoms with Crippen LogP contribution >= 0.6 is 0 Å². The Morgan fingerprint density at radius 2 is 0.967 bits per heavy atom. The fourth-order valence-corrected chi connectivity index (χ4v) is 4.86. The van der Waals surface area contributed by atoms with Gasteiger partial charge in [0.15, 0.2) is 0 Å². The minimum Gasteiger partial charge on any atom is -0.748 e. The van der Waals surface area contributed by atoms with E-state index in [1.165, 1.54) is 57.8 Å². The molecule has 0 heterocycles. The van der Waals surface area contributed by atoms with Crippen molar-refractivity contribution in [1.82, 2.24) is 0 Å². The molecule has 0 aliphatic heterocycles. The number of aliphatic hydroxyl groups excluding tert-OH is 1. The molecule has 30 heavy (non-hydrogen) atoms. The van der Waals surface area contributed by atoms with Crippen LogP contribution in [0.25, 0.3) is 0 Å². The van der Waals surface area contributed by atoms with E-state index in [1.54, 1.807) is 0 Å². The van der Waals surface area contributed by atoms with Gasteiger partial charge >= 0.3 is 29.6 Å². The fraction of sp³-hybridized carbons (Fsp3) is 1.00. The summed E-state index contributed by atoms with van der Waals surface area (Å²) in [6, 6.07) is 0. The van der Waals surface area contributed by atoms with Crippen molar-refractivity contribution in [2.45, 2.75) is 154 Å².